The number of carbonyl (C=O) groups is 1. The van der Waals surface area contributed by atoms with E-state index in [1.165, 1.54) is 0 Å². The fraction of sp³-hybridized carbons (Fsp3) is 0.0556. The van der Waals surface area contributed by atoms with Gasteiger partial charge in [-0.1, -0.05) is 54.1 Å². The van der Waals surface area contributed by atoms with Crippen LogP contribution in [-0.4, -0.2) is 5.91 Å². The standard InChI is InChI=1S/C18H14ClNOS/c19-15-8-3-1-6-13(15)12-18(21)20-16-9-4-2-7-14(16)17-10-5-11-22-17/h1-11H,12H2,(H,20,21). The Balaban J connectivity index is 1.79. The predicted octanol–water partition coefficient (Wildman–Crippen LogP) is 5.25. The van der Waals surface area contributed by atoms with E-state index in [1.54, 1.807) is 17.4 Å². The third-order valence-electron chi connectivity index (χ3n) is 3.30. The Labute approximate surface area is 138 Å². The fourth-order valence-electron chi connectivity index (χ4n) is 2.25. The van der Waals surface area contributed by atoms with E-state index >= 15 is 0 Å². The van der Waals surface area contributed by atoms with Gasteiger partial charge in [-0.25, -0.2) is 0 Å². The van der Waals surface area contributed by atoms with Crippen molar-refractivity contribution in [3.8, 4) is 10.4 Å². The second kappa shape index (κ2) is 6.77. The Morgan fingerprint density at radius 2 is 1.77 bits per heavy atom. The van der Waals surface area contributed by atoms with Gasteiger partial charge in [0.25, 0.3) is 0 Å². The summed E-state index contributed by atoms with van der Waals surface area (Å²) in [6.07, 6.45) is 0.262. The average Bonchev–Trinajstić information content (AvgIpc) is 3.04. The van der Waals surface area contributed by atoms with Crippen molar-refractivity contribution in [1.82, 2.24) is 0 Å². The van der Waals surface area contributed by atoms with Crippen molar-refractivity contribution >= 4 is 34.5 Å². The molecule has 4 heteroatoms. The molecule has 1 amide bonds. The van der Waals surface area contributed by atoms with E-state index in [4.69, 9.17) is 11.6 Å². The minimum atomic E-state index is -0.0721. The molecule has 0 atom stereocenters. The van der Waals surface area contributed by atoms with E-state index in [-0.39, 0.29) is 12.3 Å². The van der Waals surface area contributed by atoms with Crippen molar-refractivity contribution < 1.29 is 4.79 Å². The summed E-state index contributed by atoms with van der Waals surface area (Å²) in [7, 11) is 0. The quantitative estimate of drug-likeness (QED) is 0.696. The van der Waals surface area contributed by atoms with Gasteiger partial charge in [-0.2, -0.15) is 0 Å². The van der Waals surface area contributed by atoms with Gasteiger partial charge in [-0.05, 0) is 29.1 Å². The number of benzene rings is 2. The van der Waals surface area contributed by atoms with Crippen molar-refractivity contribution in [2.45, 2.75) is 6.42 Å². The topological polar surface area (TPSA) is 29.1 Å². The Hall–Kier alpha value is -2.10. The number of rotatable bonds is 4. The third kappa shape index (κ3) is 3.38. The number of amides is 1. The van der Waals surface area contributed by atoms with Crippen LogP contribution in [0.25, 0.3) is 10.4 Å². The van der Waals surface area contributed by atoms with Crippen molar-refractivity contribution in [2.24, 2.45) is 0 Å². The first-order valence-corrected chi connectivity index (χ1v) is 8.16. The molecule has 0 saturated heterocycles. The van der Waals surface area contributed by atoms with Crippen LogP contribution in [0.3, 0.4) is 0 Å². The lowest BCUT2D eigenvalue weighted by Crippen LogP contribution is -2.15. The molecule has 2 nitrogen and oxygen atoms in total. The zero-order valence-corrected chi connectivity index (χ0v) is 13.3. The molecule has 0 unspecified atom stereocenters. The minimum absolute atomic E-state index is 0.0721. The van der Waals surface area contributed by atoms with E-state index < -0.39 is 0 Å². The monoisotopic (exact) mass is 327 g/mol. The molecule has 0 saturated carbocycles. The minimum Gasteiger partial charge on any atom is -0.325 e. The first-order chi connectivity index (χ1) is 10.7. The van der Waals surface area contributed by atoms with E-state index in [0.717, 1.165) is 21.7 Å². The molecule has 0 radical (unpaired) electrons. The van der Waals surface area contributed by atoms with Crippen molar-refractivity contribution in [3.05, 3.63) is 76.6 Å². The molecule has 0 aliphatic rings. The molecule has 22 heavy (non-hydrogen) atoms. The maximum absolute atomic E-state index is 12.3. The van der Waals surface area contributed by atoms with E-state index in [1.807, 2.05) is 60.0 Å². The first kappa shape index (κ1) is 14.8. The number of para-hydroxylation sites is 1. The number of anilines is 1. The van der Waals surface area contributed by atoms with Gasteiger partial charge in [0.15, 0.2) is 0 Å². The lowest BCUT2D eigenvalue weighted by atomic mass is 10.1. The molecule has 3 rings (SSSR count). The van der Waals surface area contributed by atoms with Crippen LogP contribution >= 0.6 is 22.9 Å². The molecular formula is C18H14ClNOS. The molecule has 1 heterocycles. The predicted molar refractivity (Wildman–Crippen MR) is 93.5 cm³/mol. The molecule has 0 spiro atoms. The highest BCUT2D eigenvalue weighted by atomic mass is 35.5. The Kier molecular flexibility index (Phi) is 4.56. The number of halogens is 1. The summed E-state index contributed by atoms with van der Waals surface area (Å²) in [4.78, 5) is 13.4. The molecule has 0 bridgehead atoms. The summed E-state index contributed by atoms with van der Waals surface area (Å²) in [5, 5.41) is 5.62. The summed E-state index contributed by atoms with van der Waals surface area (Å²) in [5.74, 6) is -0.0721. The molecular weight excluding hydrogens is 314 g/mol. The maximum atomic E-state index is 12.3. The van der Waals surface area contributed by atoms with Crippen LogP contribution in [0.4, 0.5) is 5.69 Å². The van der Waals surface area contributed by atoms with Gasteiger partial charge >= 0.3 is 0 Å². The molecule has 2 aromatic carbocycles. The van der Waals surface area contributed by atoms with Crippen LogP contribution in [-0.2, 0) is 11.2 Å². The van der Waals surface area contributed by atoms with Crippen molar-refractivity contribution in [3.63, 3.8) is 0 Å². The Bertz CT molecular complexity index is 783. The highest BCUT2D eigenvalue weighted by Gasteiger charge is 2.10. The SMILES string of the molecule is O=C(Cc1ccccc1Cl)Nc1ccccc1-c1cccs1. The van der Waals surface area contributed by atoms with Gasteiger partial charge in [-0.3, -0.25) is 4.79 Å². The van der Waals surface area contributed by atoms with Crippen LogP contribution in [0.2, 0.25) is 5.02 Å². The van der Waals surface area contributed by atoms with Crippen LogP contribution in [0.1, 0.15) is 5.56 Å². The van der Waals surface area contributed by atoms with Crippen LogP contribution in [0, 0.1) is 0 Å². The van der Waals surface area contributed by atoms with Gasteiger partial charge in [-0.15, -0.1) is 11.3 Å². The van der Waals surface area contributed by atoms with Gasteiger partial charge < -0.3 is 5.32 Å². The fourth-order valence-corrected chi connectivity index (χ4v) is 3.22. The highest BCUT2D eigenvalue weighted by molar-refractivity contribution is 7.13. The third-order valence-corrected chi connectivity index (χ3v) is 4.57. The van der Waals surface area contributed by atoms with Gasteiger partial charge in [0.2, 0.25) is 5.91 Å². The lowest BCUT2D eigenvalue weighted by Gasteiger charge is -2.10. The summed E-state index contributed by atoms with van der Waals surface area (Å²) in [5.41, 5.74) is 2.68. The van der Waals surface area contributed by atoms with Gasteiger partial charge in [0, 0.05) is 21.2 Å². The highest BCUT2D eigenvalue weighted by Crippen LogP contribution is 2.31. The number of carbonyl (C=O) groups excluding carboxylic acids is 1. The zero-order chi connectivity index (χ0) is 15.4. The average molecular weight is 328 g/mol. The molecule has 0 aliphatic carbocycles. The molecule has 110 valence electrons. The summed E-state index contributed by atoms with van der Waals surface area (Å²) in [6, 6.07) is 19.3. The molecule has 1 aromatic heterocycles. The number of thiophene rings is 1. The summed E-state index contributed by atoms with van der Waals surface area (Å²) >= 11 is 7.76. The number of nitrogens with one attached hydrogen (secondary N) is 1. The van der Waals surface area contributed by atoms with Gasteiger partial charge in [0.05, 0.1) is 6.42 Å². The summed E-state index contributed by atoms with van der Waals surface area (Å²) < 4.78 is 0. The smallest absolute Gasteiger partial charge is 0.228 e. The normalized spacial score (nSPS) is 10.4. The molecule has 1 N–H and O–H groups in total. The molecule has 0 fully saturated rings. The van der Waals surface area contributed by atoms with Crippen molar-refractivity contribution in [1.29, 1.82) is 0 Å². The maximum Gasteiger partial charge on any atom is 0.228 e. The largest absolute Gasteiger partial charge is 0.325 e. The van der Waals surface area contributed by atoms with Crippen LogP contribution in [0.5, 0.6) is 0 Å². The number of hydrogen-bond donors (Lipinski definition) is 1. The lowest BCUT2D eigenvalue weighted by molar-refractivity contribution is -0.115. The first-order valence-electron chi connectivity index (χ1n) is 6.90. The number of hydrogen-bond acceptors (Lipinski definition) is 2. The Morgan fingerprint density at radius 3 is 2.55 bits per heavy atom. The van der Waals surface area contributed by atoms with E-state index in [0.29, 0.717) is 5.02 Å². The van der Waals surface area contributed by atoms with E-state index in [2.05, 4.69) is 5.32 Å². The molecule has 0 aliphatic heterocycles. The second-order valence-electron chi connectivity index (χ2n) is 4.84. The van der Waals surface area contributed by atoms with Crippen molar-refractivity contribution in [2.75, 3.05) is 5.32 Å². The van der Waals surface area contributed by atoms with Crippen LogP contribution in [0.15, 0.2) is 66.0 Å². The molecule has 3 aromatic rings. The van der Waals surface area contributed by atoms with Crippen LogP contribution < -0.4 is 5.32 Å². The van der Waals surface area contributed by atoms with E-state index in [9.17, 15) is 4.79 Å². The summed E-state index contributed by atoms with van der Waals surface area (Å²) in [6.45, 7) is 0. The second-order valence-corrected chi connectivity index (χ2v) is 6.19. The Morgan fingerprint density at radius 1 is 1.00 bits per heavy atom. The zero-order valence-electron chi connectivity index (χ0n) is 11.8. The van der Waals surface area contributed by atoms with Gasteiger partial charge in [0.1, 0.15) is 0 Å².